The first-order valence-electron chi connectivity index (χ1n) is 5.65. The predicted octanol–water partition coefficient (Wildman–Crippen LogP) is 3.50. The maximum Gasteiger partial charge on any atom is 0.0236 e. The molecule has 2 heteroatoms. The molecule has 0 aromatic heterocycles. The Balaban J connectivity index is 2.16. The number of rotatable bonds is 2. The van der Waals surface area contributed by atoms with E-state index >= 15 is 0 Å². The average molecular weight is 315 g/mol. The van der Waals surface area contributed by atoms with Crippen LogP contribution in [0.25, 0.3) is 0 Å². The lowest BCUT2D eigenvalue weighted by molar-refractivity contribution is 0.330. The summed E-state index contributed by atoms with van der Waals surface area (Å²) >= 11 is 2.42. The molecule has 0 amide bonds. The van der Waals surface area contributed by atoms with Gasteiger partial charge in [-0.25, -0.2) is 0 Å². The molecule has 0 aliphatic carbocycles. The maximum absolute atomic E-state index is 2.56. The van der Waals surface area contributed by atoms with Crippen LogP contribution in [0.2, 0.25) is 0 Å². The van der Waals surface area contributed by atoms with Crippen molar-refractivity contribution in [2.75, 3.05) is 13.1 Å². The lowest BCUT2D eigenvalue weighted by Gasteiger charge is -2.17. The zero-order valence-corrected chi connectivity index (χ0v) is 11.7. The first-order valence-corrected chi connectivity index (χ1v) is 6.72. The van der Waals surface area contributed by atoms with Crippen LogP contribution in [0.3, 0.4) is 0 Å². The van der Waals surface area contributed by atoms with Crippen molar-refractivity contribution in [1.82, 2.24) is 4.90 Å². The van der Waals surface area contributed by atoms with Gasteiger partial charge in [0, 0.05) is 10.1 Å². The smallest absolute Gasteiger partial charge is 0.0236 e. The van der Waals surface area contributed by atoms with E-state index in [4.69, 9.17) is 0 Å². The number of benzene rings is 1. The van der Waals surface area contributed by atoms with Crippen LogP contribution < -0.4 is 0 Å². The molecule has 1 nitrogen and oxygen atoms in total. The summed E-state index contributed by atoms with van der Waals surface area (Å²) in [5.74, 6) is 0. The molecule has 15 heavy (non-hydrogen) atoms. The summed E-state index contributed by atoms with van der Waals surface area (Å²) in [6, 6.07) is 4.66. The summed E-state index contributed by atoms with van der Waals surface area (Å²) in [5, 5.41) is 0. The van der Waals surface area contributed by atoms with Crippen molar-refractivity contribution in [3.05, 3.63) is 32.4 Å². The Morgan fingerprint density at radius 1 is 1.13 bits per heavy atom. The molecule has 1 aromatic rings. The number of aryl methyl sites for hydroxylation is 2. The highest BCUT2D eigenvalue weighted by atomic mass is 127. The Hall–Kier alpha value is -0.0900. The molecule has 1 saturated heterocycles. The molecule has 0 saturated carbocycles. The van der Waals surface area contributed by atoms with Gasteiger partial charge >= 0.3 is 0 Å². The van der Waals surface area contributed by atoms with Gasteiger partial charge in [0.15, 0.2) is 0 Å². The third kappa shape index (κ3) is 2.72. The monoisotopic (exact) mass is 315 g/mol. The van der Waals surface area contributed by atoms with Gasteiger partial charge in [0.2, 0.25) is 0 Å². The van der Waals surface area contributed by atoms with Gasteiger partial charge in [-0.15, -0.1) is 0 Å². The second-order valence-electron chi connectivity index (χ2n) is 4.51. The SMILES string of the molecule is Cc1cc(CN2CCCC2)c(C)cc1I. The quantitative estimate of drug-likeness (QED) is 0.755. The van der Waals surface area contributed by atoms with Crippen LogP contribution >= 0.6 is 22.6 Å². The highest BCUT2D eigenvalue weighted by Crippen LogP contribution is 2.20. The number of halogens is 1. The van der Waals surface area contributed by atoms with E-state index in [0.717, 1.165) is 6.54 Å². The maximum atomic E-state index is 2.56. The molecule has 0 atom stereocenters. The third-order valence-corrected chi connectivity index (χ3v) is 4.37. The molecular formula is C13H18IN. The Morgan fingerprint density at radius 2 is 1.80 bits per heavy atom. The van der Waals surface area contributed by atoms with Gasteiger partial charge in [-0.3, -0.25) is 4.90 Å². The van der Waals surface area contributed by atoms with E-state index < -0.39 is 0 Å². The molecule has 82 valence electrons. The third-order valence-electron chi connectivity index (χ3n) is 3.21. The summed E-state index contributed by atoms with van der Waals surface area (Å²) in [5.41, 5.74) is 4.36. The van der Waals surface area contributed by atoms with Crippen molar-refractivity contribution < 1.29 is 0 Å². The molecular weight excluding hydrogens is 297 g/mol. The molecule has 1 fully saturated rings. The lowest BCUT2D eigenvalue weighted by Crippen LogP contribution is -2.19. The first-order chi connectivity index (χ1) is 7.16. The first kappa shape index (κ1) is 11.4. The molecule has 2 rings (SSSR count). The van der Waals surface area contributed by atoms with E-state index in [1.165, 1.54) is 46.2 Å². The van der Waals surface area contributed by atoms with E-state index in [9.17, 15) is 0 Å². The second kappa shape index (κ2) is 4.83. The van der Waals surface area contributed by atoms with E-state index in [-0.39, 0.29) is 0 Å². The minimum atomic E-state index is 1.14. The molecule has 0 radical (unpaired) electrons. The van der Waals surface area contributed by atoms with Crippen LogP contribution in [0.15, 0.2) is 12.1 Å². The van der Waals surface area contributed by atoms with Crippen molar-refractivity contribution in [3.63, 3.8) is 0 Å². The van der Waals surface area contributed by atoms with E-state index in [1.54, 1.807) is 0 Å². The van der Waals surface area contributed by atoms with Crippen molar-refractivity contribution in [2.45, 2.75) is 33.2 Å². The average Bonchev–Trinajstić information content (AvgIpc) is 2.67. The van der Waals surface area contributed by atoms with E-state index in [0.29, 0.717) is 0 Å². The predicted molar refractivity (Wildman–Crippen MR) is 73.1 cm³/mol. The number of hydrogen-bond donors (Lipinski definition) is 0. The van der Waals surface area contributed by atoms with Crippen molar-refractivity contribution in [3.8, 4) is 0 Å². The van der Waals surface area contributed by atoms with Crippen LogP contribution in [0, 0.1) is 17.4 Å². The molecule has 0 spiro atoms. The molecule has 1 heterocycles. The lowest BCUT2D eigenvalue weighted by atomic mass is 10.1. The Morgan fingerprint density at radius 3 is 2.47 bits per heavy atom. The van der Waals surface area contributed by atoms with Crippen LogP contribution in [-0.4, -0.2) is 18.0 Å². The van der Waals surface area contributed by atoms with Gasteiger partial charge in [0.05, 0.1) is 0 Å². The molecule has 1 aliphatic heterocycles. The molecule has 0 unspecified atom stereocenters. The van der Waals surface area contributed by atoms with Gasteiger partial charge in [-0.05, 0) is 85.1 Å². The Bertz CT molecular complexity index is 354. The minimum Gasteiger partial charge on any atom is -0.299 e. The summed E-state index contributed by atoms with van der Waals surface area (Å²) < 4.78 is 1.38. The van der Waals surface area contributed by atoms with Crippen molar-refractivity contribution in [1.29, 1.82) is 0 Å². The van der Waals surface area contributed by atoms with Gasteiger partial charge in [0.1, 0.15) is 0 Å². The van der Waals surface area contributed by atoms with Crippen LogP contribution in [-0.2, 0) is 6.54 Å². The Kier molecular flexibility index (Phi) is 3.67. The zero-order valence-electron chi connectivity index (χ0n) is 9.52. The van der Waals surface area contributed by atoms with E-state index in [1.807, 2.05) is 0 Å². The molecule has 1 aliphatic rings. The number of nitrogens with zero attached hydrogens (tertiary/aromatic N) is 1. The Labute approximate surface area is 106 Å². The fourth-order valence-electron chi connectivity index (χ4n) is 2.19. The largest absolute Gasteiger partial charge is 0.299 e. The number of hydrogen-bond acceptors (Lipinski definition) is 1. The van der Waals surface area contributed by atoms with E-state index in [2.05, 4.69) is 53.5 Å². The van der Waals surface area contributed by atoms with Gasteiger partial charge in [0.25, 0.3) is 0 Å². The van der Waals surface area contributed by atoms with Gasteiger partial charge in [-0.2, -0.15) is 0 Å². The highest BCUT2D eigenvalue weighted by molar-refractivity contribution is 14.1. The summed E-state index contributed by atoms with van der Waals surface area (Å²) in [7, 11) is 0. The second-order valence-corrected chi connectivity index (χ2v) is 5.67. The van der Waals surface area contributed by atoms with Crippen molar-refractivity contribution >= 4 is 22.6 Å². The van der Waals surface area contributed by atoms with Crippen LogP contribution in [0.5, 0.6) is 0 Å². The minimum absolute atomic E-state index is 1.14. The molecule has 1 aromatic carbocycles. The fourth-order valence-corrected chi connectivity index (χ4v) is 2.82. The van der Waals surface area contributed by atoms with Crippen LogP contribution in [0.4, 0.5) is 0 Å². The highest BCUT2D eigenvalue weighted by Gasteiger charge is 2.13. The topological polar surface area (TPSA) is 3.24 Å². The fraction of sp³-hybridized carbons (Fsp3) is 0.538. The molecule has 0 N–H and O–H groups in total. The van der Waals surface area contributed by atoms with Crippen LogP contribution in [0.1, 0.15) is 29.5 Å². The normalized spacial score (nSPS) is 17.3. The summed E-state index contributed by atoms with van der Waals surface area (Å²) in [6.07, 6.45) is 2.75. The van der Waals surface area contributed by atoms with Gasteiger partial charge in [-0.1, -0.05) is 6.07 Å². The standard InChI is InChI=1S/C13H18IN/c1-10-8-13(14)11(2)7-12(10)9-15-5-3-4-6-15/h7-8H,3-6,9H2,1-2H3. The number of likely N-dealkylation sites (tertiary alicyclic amines) is 1. The summed E-state index contributed by atoms with van der Waals surface area (Å²) in [4.78, 5) is 2.56. The zero-order chi connectivity index (χ0) is 10.8. The summed E-state index contributed by atoms with van der Waals surface area (Å²) in [6.45, 7) is 8.14. The molecule has 0 bridgehead atoms. The van der Waals surface area contributed by atoms with Gasteiger partial charge < -0.3 is 0 Å². The van der Waals surface area contributed by atoms with Crippen molar-refractivity contribution in [2.24, 2.45) is 0 Å².